The summed E-state index contributed by atoms with van der Waals surface area (Å²) in [5, 5.41) is 21.2. The number of amides is 3. The largest absolute Gasteiger partial charge is 0.550 e. The minimum absolute atomic E-state index is 0.160. The first kappa shape index (κ1) is 38.1. The highest BCUT2D eigenvalue weighted by Crippen LogP contribution is 2.36. The molecule has 2 aliphatic rings. The summed E-state index contributed by atoms with van der Waals surface area (Å²) in [6.45, 7) is 11.5. The molecular formula is C35H62N3O6-. The van der Waals surface area contributed by atoms with E-state index in [-0.39, 0.29) is 6.54 Å². The third-order valence-electron chi connectivity index (χ3n) is 9.25. The van der Waals surface area contributed by atoms with Crippen molar-refractivity contribution in [3.63, 3.8) is 0 Å². The van der Waals surface area contributed by atoms with E-state index in [1.807, 2.05) is 26.8 Å². The number of aliphatic carboxylic acids is 1. The van der Waals surface area contributed by atoms with Gasteiger partial charge in [-0.05, 0) is 46.5 Å². The van der Waals surface area contributed by atoms with E-state index in [1.54, 1.807) is 13.8 Å². The number of nitrogens with one attached hydrogen (secondary N) is 3. The van der Waals surface area contributed by atoms with Crippen molar-refractivity contribution in [1.82, 2.24) is 16.0 Å². The summed E-state index contributed by atoms with van der Waals surface area (Å²) in [5.74, 6) is -3.69. The Hall–Kier alpha value is -2.13. The highest BCUT2D eigenvalue weighted by atomic mass is 16.7. The van der Waals surface area contributed by atoms with Crippen molar-refractivity contribution in [2.45, 2.75) is 168 Å². The quantitative estimate of drug-likeness (QED) is 0.146. The van der Waals surface area contributed by atoms with Gasteiger partial charge in [0.05, 0.1) is 12.1 Å². The van der Waals surface area contributed by atoms with Crippen LogP contribution >= 0.6 is 0 Å². The molecule has 2 unspecified atom stereocenters. The molecule has 0 aromatic rings. The molecule has 3 amide bonds. The van der Waals surface area contributed by atoms with Crippen LogP contribution in [-0.4, -0.2) is 48.5 Å². The lowest BCUT2D eigenvalue weighted by atomic mass is 9.72. The van der Waals surface area contributed by atoms with E-state index in [1.165, 1.54) is 64.2 Å². The van der Waals surface area contributed by atoms with Gasteiger partial charge in [0, 0.05) is 29.5 Å². The fraction of sp³-hybridized carbons (Fsp3) is 0.857. The molecule has 2 fully saturated rings. The lowest BCUT2D eigenvalue weighted by Gasteiger charge is -2.46. The molecule has 9 nitrogen and oxygen atoms in total. The molecular weight excluding hydrogens is 558 g/mol. The van der Waals surface area contributed by atoms with Gasteiger partial charge in [0.2, 0.25) is 5.91 Å². The van der Waals surface area contributed by atoms with Crippen molar-refractivity contribution in [1.29, 1.82) is 0 Å². The summed E-state index contributed by atoms with van der Waals surface area (Å²) in [6.07, 6.45) is 19.9. The Morgan fingerprint density at radius 3 is 2.02 bits per heavy atom. The maximum absolute atomic E-state index is 13.2. The monoisotopic (exact) mass is 620 g/mol. The number of carbonyl (C=O) groups is 3. The van der Waals surface area contributed by atoms with E-state index < -0.39 is 46.7 Å². The fourth-order valence-corrected chi connectivity index (χ4v) is 6.48. The second-order valence-electron chi connectivity index (χ2n) is 14.3. The average Bonchev–Trinajstić information content (AvgIpc) is 2.95. The van der Waals surface area contributed by atoms with Crippen LogP contribution in [0.4, 0.5) is 4.79 Å². The van der Waals surface area contributed by atoms with Crippen molar-refractivity contribution in [2.24, 2.45) is 11.3 Å². The Balaban J connectivity index is 1.86. The number of allylic oxidation sites excluding steroid dienone is 2. The number of unbranched alkanes of at least 4 members (excludes halogenated alkanes) is 11. The lowest BCUT2D eigenvalue weighted by molar-refractivity contribution is -0.314. The van der Waals surface area contributed by atoms with Crippen molar-refractivity contribution < 1.29 is 29.0 Å². The van der Waals surface area contributed by atoms with Gasteiger partial charge >= 0.3 is 6.03 Å². The third kappa shape index (κ3) is 13.1. The van der Waals surface area contributed by atoms with Crippen molar-refractivity contribution >= 4 is 17.9 Å². The van der Waals surface area contributed by atoms with Gasteiger partial charge in [-0.1, -0.05) is 110 Å². The Labute approximate surface area is 267 Å². The zero-order valence-corrected chi connectivity index (χ0v) is 28.6. The summed E-state index contributed by atoms with van der Waals surface area (Å²) in [7, 11) is 0. The van der Waals surface area contributed by atoms with E-state index in [2.05, 4.69) is 22.9 Å². The van der Waals surface area contributed by atoms with Gasteiger partial charge in [0.15, 0.2) is 5.79 Å². The van der Waals surface area contributed by atoms with Crippen molar-refractivity contribution in [2.75, 3.05) is 13.2 Å². The molecule has 1 saturated carbocycles. The molecule has 9 heteroatoms. The van der Waals surface area contributed by atoms with Gasteiger partial charge in [-0.25, -0.2) is 4.79 Å². The molecule has 1 saturated heterocycles. The number of hydrogen-bond donors (Lipinski definition) is 3. The molecule has 2 atom stereocenters. The van der Waals surface area contributed by atoms with Crippen LogP contribution in [0.5, 0.6) is 0 Å². The first-order chi connectivity index (χ1) is 20.8. The normalized spacial score (nSPS) is 21.7. The highest BCUT2D eigenvalue weighted by molar-refractivity contribution is 5.83. The predicted octanol–water partition coefficient (Wildman–Crippen LogP) is 6.25. The Morgan fingerprint density at radius 1 is 0.886 bits per heavy atom. The maximum atomic E-state index is 13.2. The van der Waals surface area contributed by atoms with E-state index in [9.17, 15) is 19.5 Å². The highest BCUT2D eigenvalue weighted by Gasteiger charge is 2.47. The van der Waals surface area contributed by atoms with Crippen molar-refractivity contribution in [3.05, 3.63) is 11.8 Å². The van der Waals surface area contributed by atoms with Crippen LogP contribution in [-0.2, 0) is 19.1 Å². The third-order valence-corrected chi connectivity index (χ3v) is 9.25. The first-order valence-corrected chi connectivity index (χ1v) is 17.4. The first-order valence-electron chi connectivity index (χ1n) is 17.4. The number of hydrogen-bond acceptors (Lipinski definition) is 6. The number of urea groups is 1. The maximum Gasteiger partial charge on any atom is 0.319 e. The average molecular weight is 621 g/mol. The number of carboxylic acids is 1. The predicted molar refractivity (Wildman–Crippen MR) is 173 cm³/mol. The minimum Gasteiger partial charge on any atom is -0.550 e. The SMILES string of the molecule is CCCCCCCCCCCCC/C=C(\C)NC(=O)NC1(C(CNC(=O)C2OC(C)(C)OCC2(C)C)C(=O)[O-])CCCCC1. The number of ether oxygens (including phenoxy) is 2. The minimum atomic E-state index is -1.29. The van der Waals surface area contributed by atoms with Crippen LogP contribution in [0.25, 0.3) is 0 Å². The van der Waals surface area contributed by atoms with Crippen LogP contribution in [0.3, 0.4) is 0 Å². The van der Waals surface area contributed by atoms with Crippen molar-refractivity contribution in [3.8, 4) is 0 Å². The second kappa shape index (κ2) is 18.7. The molecule has 1 heterocycles. The van der Waals surface area contributed by atoms with E-state index in [0.717, 1.165) is 37.8 Å². The van der Waals surface area contributed by atoms with Crippen LogP contribution in [0.2, 0.25) is 0 Å². The molecule has 0 aromatic carbocycles. The summed E-state index contributed by atoms with van der Waals surface area (Å²) >= 11 is 0. The molecule has 0 spiro atoms. The molecule has 2 rings (SSSR count). The smallest absolute Gasteiger partial charge is 0.319 e. The molecule has 254 valence electrons. The van der Waals surface area contributed by atoms with Crippen LogP contribution in [0, 0.1) is 11.3 Å². The molecule has 1 aliphatic heterocycles. The van der Waals surface area contributed by atoms with E-state index >= 15 is 0 Å². The zero-order valence-electron chi connectivity index (χ0n) is 28.6. The van der Waals surface area contributed by atoms with Gasteiger partial charge in [0.25, 0.3) is 0 Å². The summed E-state index contributed by atoms with van der Waals surface area (Å²) in [5.41, 5.74) is -0.856. The van der Waals surface area contributed by atoms with Gasteiger partial charge in [-0.15, -0.1) is 0 Å². The molecule has 3 N–H and O–H groups in total. The summed E-state index contributed by atoms with van der Waals surface area (Å²) in [6, 6.07) is -0.423. The van der Waals surface area contributed by atoms with E-state index in [4.69, 9.17) is 9.47 Å². The van der Waals surface area contributed by atoms with Gasteiger partial charge in [0.1, 0.15) is 6.10 Å². The standard InChI is InChI=1S/C35H63N3O6/c1-7-8-9-10-11-12-13-14-15-16-17-19-22-27(2)37-32(42)38-35(23-20-18-21-24-35)28(31(40)41)25-36-30(39)29-33(3,4)26-43-34(5,6)44-29/h22,28-29H,7-21,23-26H2,1-6H3,(H,36,39)(H,40,41)(H2,37,38,42)/p-1/b27-22+. The van der Waals surface area contributed by atoms with Crippen LogP contribution < -0.4 is 21.1 Å². The topological polar surface area (TPSA) is 129 Å². The van der Waals surface area contributed by atoms with E-state index in [0.29, 0.717) is 19.4 Å². The Kier molecular flexibility index (Phi) is 16.2. The summed E-state index contributed by atoms with van der Waals surface area (Å²) < 4.78 is 11.6. The number of rotatable bonds is 19. The van der Waals surface area contributed by atoms with Gasteiger partial charge in [-0.3, -0.25) is 4.79 Å². The van der Waals surface area contributed by atoms with Crippen LogP contribution in [0.1, 0.15) is 151 Å². The van der Waals surface area contributed by atoms with Gasteiger partial charge in [-0.2, -0.15) is 0 Å². The van der Waals surface area contributed by atoms with Crippen LogP contribution in [0.15, 0.2) is 11.8 Å². The molecule has 0 bridgehead atoms. The lowest BCUT2D eigenvalue weighted by Crippen LogP contribution is -2.64. The zero-order chi connectivity index (χ0) is 32.6. The Bertz CT molecular complexity index is 925. The molecule has 0 aromatic heterocycles. The molecule has 0 radical (unpaired) electrons. The Morgan fingerprint density at radius 2 is 1.45 bits per heavy atom. The number of carboxylic acid groups (broad SMARTS) is 1. The number of carbonyl (C=O) groups excluding carboxylic acids is 3. The second-order valence-corrected chi connectivity index (χ2v) is 14.3. The molecule has 1 aliphatic carbocycles. The van der Waals surface area contributed by atoms with Gasteiger partial charge < -0.3 is 35.3 Å². The fourth-order valence-electron chi connectivity index (χ4n) is 6.48. The molecule has 44 heavy (non-hydrogen) atoms. The summed E-state index contributed by atoms with van der Waals surface area (Å²) in [4.78, 5) is 38.8.